The summed E-state index contributed by atoms with van der Waals surface area (Å²) < 4.78 is 0. The van der Waals surface area contributed by atoms with E-state index in [-0.39, 0.29) is 11.7 Å². The summed E-state index contributed by atoms with van der Waals surface area (Å²) in [5, 5.41) is 4.05. The Morgan fingerprint density at radius 2 is 1.76 bits per heavy atom. The summed E-state index contributed by atoms with van der Waals surface area (Å²) in [6.45, 7) is 1.76. The molecule has 2 aromatic carbocycles. The number of aromatic nitrogens is 2. The van der Waals surface area contributed by atoms with Crippen LogP contribution in [-0.4, -0.2) is 15.9 Å². The van der Waals surface area contributed by atoms with Crippen LogP contribution in [0, 0.1) is 6.92 Å². The number of rotatable bonds is 4. The van der Waals surface area contributed by atoms with Gasteiger partial charge in [0.25, 0.3) is 5.91 Å². The molecule has 0 saturated heterocycles. The van der Waals surface area contributed by atoms with Gasteiger partial charge in [0.05, 0.1) is 0 Å². The van der Waals surface area contributed by atoms with Crippen molar-refractivity contribution in [2.45, 2.75) is 16.8 Å². The van der Waals surface area contributed by atoms with E-state index in [0.29, 0.717) is 27.1 Å². The van der Waals surface area contributed by atoms with Crippen LogP contribution in [0.4, 0.5) is 11.5 Å². The molecular formula is C18H15ClN4OS. The maximum Gasteiger partial charge on any atom is 0.255 e. The second kappa shape index (κ2) is 7.55. The Bertz CT molecular complexity index is 901. The molecular weight excluding hydrogens is 356 g/mol. The number of nitrogens with zero attached hydrogens (tertiary/aromatic N) is 2. The summed E-state index contributed by atoms with van der Waals surface area (Å²) in [5.74, 6) is 0.498. The number of nitrogens with one attached hydrogen (secondary N) is 1. The van der Waals surface area contributed by atoms with E-state index in [4.69, 9.17) is 17.3 Å². The van der Waals surface area contributed by atoms with Gasteiger partial charge < -0.3 is 11.1 Å². The average Bonchev–Trinajstić information content (AvgIpc) is 2.60. The van der Waals surface area contributed by atoms with E-state index in [9.17, 15) is 4.79 Å². The van der Waals surface area contributed by atoms with Crippen LogP contribution < -0.4 is 11.1 Å². The van der Waals surface area contributed by atoms with E-state index >= 15 is 0 Å². The highest BCUT2D eigenvalue weighted by molar-refractivity contribution is 7.99. The van der Waals surface area contributed by atoms with Crippen molar-refractivity contribution in [1.29, 1.82) is 0 Å². The molecule has 1 amide bonds. The molecule has 0 aliphatic heterocycles. The molecule has 0 fully saturated rings. The number of carbonyl (C=O) groups excluding carboxylic acids is 1. The number of amides is 1. The molecule has 0 unspecified atom stereocenters. The number of benzene rings is 2. The topological polar surface area (TPSA) is 80.9 Å². The molecule has 7 heteroatoms. The smallest absolute Gasteiger partial charge is 0.255 e. The van der Waals surface area contributed by atoms with E-state index in [0.717, 1.165) is 4.90 Å². The van der Waals surface area contributed by atoms with Crippen molar-refractivity contribution in [2.75, 3.05) is 11.1 Å². The van der Waals surface area contributed by atoms with Crippen LogP contribution in [0.5, 0.6) is 0 Å². The van der Waals surface area contributed by atoms with Gasteiger partial charge in [-0.2, -0.15) is 0 Å². The predicted molar refractivity (Wildman–Crippen MR) is 101 cm³/mol. The van der Waals surface area contributed by atoms with Gasteiger partial charge in [-0.15, -0.1) is 0 Å². The zero-order chi connectivity index (χ0) is 17.8. The number of halogens is 1. The quantitative estimate of drug-likeness (QED) is 0.664. The molecule has 126 valence electrons. The van der Waals surface area contributed by atoms with Crippen molar-refractivity contribution in [3.8, 4) is 0 Å². The number of nitrogen functional groups attached to an aromatic ring is 1. The van der Waals surface area contributed by atoms with Crippen LogP contribution in [0.3, 0.4) is 0 Å². The lowest BCUT2D eigenvalue weighted by atomic mass is 10.2. The Morgan fingerprint density at radius 1 is 1.08 bits per heavy atom. The van der Waals surface area contributed by atoms with Crippen molar-refractivity contribution in [3.05, 3.63) is 71.0 Å². The fraction of sp³-hybridized carbons (Fsp3) is 0.0556. The van der Waals surface area contributed by atoms with Gasteiger partial charge in [0.15, 0.2) is 5.82 Å². The van der Waals surface area contributed by atoms with Gasteiger partial charge in [-0.05, 0) is 43.3 Å². The maximum atomic E-state index is 12.5. The first-order chi connectivity index (χ1) is 12.0. The lowest BCUT2D eigenvalue weighted by Gasteiger charge is -2.13. The standard InChI is InChI=1S/C18H15ClN4OS/c1-11-21-16(20)15(23-17(24)12-5-3-2-4-6-12)18(22-11)25-14-9-7-13(19)8-10-14/h2-10H,1H3,(H,23,24)(H2,20,21,22). The fourth-order valence-corrected chi connectivity index (χ4v) is 3.21. The minimum atomic E-state index is -0.266. The van der Waals surface area contributed by atoms with Gasteiger partial charge >= 0.3 is 0 Å². The summed E-state index contributed by atoms with van der Waals surface area (Å²) in [5.41, 5.74) is 6.96. The second-order valence-electron chi connectivity index (χ2n) is 5.21. The molecule has 0 atom stereocenters. The zero-order valence-electron chi connectivity index (χ0n) is 13.4. The van der Waals surface area contributed by atoms with Crippen molar-refractivity contribution >= 4 is 40.8 Å². The summed E-state index contributed by atoms with van der Waals surface area (Å²) in [7, 11) is 0. The number of hydrogen-bond acceptors (Lipinski definition) is 5. The highest BCUT2D eigenvalue weighted by atomic mass is 35.5. The van der Waals surface area contributed by atoms with Crippen LogP contribution in [0.15, 0.2) is 64.5 Å². The van der Waals surface area contributed by atoms with Crippen molar-refractivity contribution in [1.82, 2.24) is 9.97 Å². The fourth-order valence-electron chi connectivity index (χ4n) is 2.15. The minimum absolute atomic E-state index is 0.230. The lowest BCUT2D eigenvalue weighted by Crippen LogP contribution is -2.15. The summed E-state index contributed by atoms with van der Waals surface area (Å²) in [6, 6.07) is 16.3. The summed E-state index contributed by atoms with van der Waals surface area (Å²) in [6.07, 6.45) is 0. The first kappa shape index (κ1) is 17.3. The number of aryl methyl sites for hydroxylation is 1. The van der Waals surface area contributed by atoms with Crippen LogP contribution in [0.2, 0.25) is 5.02 Å². The van der Waals surface area contributed by atoms with Gasteiger partial charge in [-0.3, -0.25) is 4.79 Å². The summed E-state index contributed by atoms with van der Waals surface area (Å²) in [4.78, 5) is 22.0. The molecule has 0 saturated carbocycles. The number of nitrogens with two attached hydrogens (primary N) is 1. The molecule has 0 bridgehead atoms. The van der Waals surface area contributed by atoms with Crippen LogP contribution in [0.25, 0.3) is 0 Å². The third kappa shape index (κ3) is 4.29. The molecule has 0 aliphatic carbocycles. The first-order valence-corrected chi connectivity index (χ1v) is 8.66. The van der Waals surface area contributed by atoms with Crippen molar-refractivity contribution in [2.24, 2.45) is 0 Å². The normalized spacial score (nSPS) is 10.5. The minimum Gasteiger partial charge on any atom is -0.382 e. The zero-order valence-corrected chi connectivity index (χ0v) is 14.9. The monoisotopic (exact) mass is 370 g/mol. The summed E-state index contributed by atoms with van der Waals surface area (Å²) >= 11 is 7.31. The molecule has 3 rings (SSSR count). The molecule has 0 aliphatic rings. The largest absolute Gasteiger partial charge is 0.382 e. The van der Waals surface area contributed by atoms with Gasteiger partial charge in [-0.1, -0.05) is 41.6 Å². The average molecular weight is 371 g/mol. The van der Waals surface area contributed by atoms with Gasteiger partial charge in [0.2, 0.25) is 0 Å². The lowest BCUT2D eigenvalue weighted by molar-refractivity contribution is 0.102. The molecule has 1 heterocycles. The molecule has 5 nitrogen and oxygen atoms in total. The van der Waals surface area contributed by atoms with Crippen LogP contribution in [0.1, 0.15) is 16.2 Å². The van der Waals surface area contributed by atoms with Crippen molar-refractivity contribution in [3.63, 3.8) is 0 Å². The molecule has 25 heavy (non-hydrogen) atoms. The van der Waals surface area contributed by atoms with Gasteiger partial charge in [0, 0.05) is 15.5 Å². The number of anilines is 2. The molecule has 3 N–H and O–H groups in total. The SMILES string of the molecule is Cc1nc(N)c(NC(=O)c2ccccc2)c(Sc2ccc(Cl)cc2)n1. The van der Waals surface area contributed by atoms with Gasteiger partial charge in [0.1, 0.15) is 16.5 Å². The third-order valence-corrected chi connectivity index (χ3v) is 4.57. The molecule has 0 radical (unpaired) electrons. The molecule has 0 spiro atoms. The Hall–Kier alpha value is -2.57. The highest BCUT2D eigenvalue weighted by Crippen LogP contribution is 2.35. The van der Waals surface area contributed by atoms with Crippen molar-refractivity contribution < 1.29 is 4.79 Å². The maximum absolute atomic E-state index is 12.5. The second-order valence-corrected chi connectivity index (χ2v) is 6.71. The third-order valence-electron chi connectivity index (χ3n) is 3.32. The Labute approximate surface area is 154 Å². The van der Waals surface area contributed by atoms with Crippen LogP contribution >= 0.6 is 23.4 Å². The van der Waals surface area contributed by atoms with E-state index in [1.807, 2.05) is 18.2 Å². The van der Waals surface area contributed by atoms with E-state index < -0.39 is 0 Å². The highest BCUT2D eigenvalue weighted by Gasteiger charge is 2.16. The Balaban J connectivity index is 1.92. The Kier molecular flexibility index (Phi) is 5.21. The van der Waals surface area contributed by atoms with Crippen LogP contribution in [-0.2, 0) is 0 Å². The molecule has 3 aromatic rings. The number of hydrogen-bond donors (Lipinski definition) is 2. The Morgan fingerprint density at radius 3 is 2.44 bits per heavy atom. The first-order valence-electron chi connectivity index (χ1n) is 7.47. The van der Waals surface area contributed by atoms with E-state index in [2.05, 4.69) is 15.3 Å². The predicted octanol–water partition coefficient (Wildman–Crippen LogP) is 4.42. The molecule has 1 aromatic heterocycles. The van der Waals surface area contributed by atoms with Gasteiger partial charge in [-0.25, -0.2) is 9.97 Å². The number of carbonyl (C=O) groups is 1. The van der Waals surface area contributed by atoms with E-state index in [1.165, 1.54) is 11.8 Å². The van der Waals surface area contributed by atoms with E-state index in [1.54, 1.807) is 43.3 Å².